The first-order chi connectivity index (χ1) is 9.90. The van der Waals surface area contributed by atoms with Gasteiger partial charge in [-0.05, 0) is 50.0 Å². The predicted octanol–water partition coefficient (Wildman–Crippen LogP) is 3.15. The zero-order chi connectivity index (χ0) is 15.5. The Morgan fingerprint density at radius 1 is 1.24 bits per heavy atom. The van der Waals surface area contributed by atoms with Crippen molar-refractivity contribution >= 4 is 0 Å². The molecule has 4 atom stereocenters. The van der Waals surface area contributed by atoms with E-state index in [1.165, 1.54) is 25.8 Å². The molecule has 4 unspecified atom stereocenters. The molecule has 1 aliphatic heterocycles. The zero-order valence-electron chi connectivity index (χ0n) is 14.8. The predicted molar refractivity (Wildman–Crippen MR) is 89.6 cm³/mol. The minimum absolute atomic E-state index is 0.401. The van der Waals surface area contributed by atoms with Gasteiger partial charge in [0, 0.05) is 25.7 Å². The summed E-state index contributed by atoms with van der Waals surface area (Å²) in [5, 5.41) is 3.75. The molecule has 21 heavy (non-hydrogen) atoms. The second-order valence-electron chi connectivity index (χ2n) is 8.24. The SMILES string of the molecule is CCNC1CCC(C(C)(C)C)CC1CN1CCOC(C)C1. The van der Waals surface area contributed by atoms with Crippen molar-refractivity contribution in [3.05, 3.63) is 0 Å². The van der Waals surface area contributed by atoms with E-state index in [1.807, 2.05) is 0 Å². The standard InChI is InChI=1S/C18H36N2O/c1-6-19-17-8-7-16(18(3,4)5)11-15(17)13-20-9-10-21-14(2)12-20/h14-17,19H,6-13H2,1-5H3. The van der Waals surface area contributed by atoms with Gasteiger partial charge in [-0.2, -0.15) is 0 Å². The lowest BCUT2D eigenvalue weighted by atomic mass is 9.67. The molecule has 1 heterocycles. The highest BCUT2D eigenvalue weighted by molar-refractivity contribution is 4.90. The summed E-state index contributed by atoms with van der Waals surface area (Å²) in [6.45, 7) is 17.2. The lowest BCUT2D eigenvalue weighted by molar-refractivity contribution is -0.0302. The van der Waals surface area contributed by atoms with Gasteiger partial charge in [-0.3, -0.25) is 4.90 Å². The van der Waals surface area contributed by atoms with Crippen LogP contribution in [0.1, 0.15) is 53.9 Å². The van der Waals surface area contributed by atoms with Crippen LogP contribution in [0.3, 0.4) is 0 Å². The van der Waals surface area contributed by atoms with E-state index in [4.69, 9.17) is 4.74 Å². The second-order valence-corrected chi connectivity index (χ2v) is 8.24. The summed E-state index contributed by atoms with van der Waals surface area (Å²) in [6.07, 6.45) is 4.52. The summed E-state index contributed by atoms with van der Waals surface area (Å²) in [6, 6.07) is 0.715. The fraction of sp³-hybridized carbons (Fsp3) is 1.00. The molecule has 0 aromatic heterocycles. The molecule has 0 bridgehead atoms. The Morgan fingerprint density at radius 3 is 2.62 bits per heavy atom. The highest BCUT2D eigenvalue weighted by Gasteiger charge is 2.36. The fourth-order valence-corrected chi connectivity index (χ4v) is 4.17. The molecule has 1 saturated heterocycles. The van der Waals surface area contributed by atoms with Crippen LogP contribution < -0.4 is 5.32 Å². The quantitative estimate of drug-likeness (QED) is 0.862. The summed E-state index contributed by atoms with van der Waals surface area (Å²) >= 11 is 0. The second kappa shape index (κ2) is 7.43. The zero-order valence-corrected chi connectivity index (χ0v) is 14.8. The molecule has 2 rings (SSSR count). The van der Waals surface area contributed by atoms with Gasteiger partial charge in [0.2, 0.25) is 0 Å². The highest BCUT2D eigenvalue weighted by Crippen LogP contribution is 2.40. The minimum Gasteiger partial charge on any atom is -0.376 e. The number of hydrogen-bond acceptors (Lipinski definition) is 3. The monoisotopic (exact) mass is 296 g/mol. The van der Waals surface area contributed by atoms with E-state index < -0.39 is 0 Å². The van der Waals surface area contributed by atoms with Gasteiger partial charge in [0.1, 0.15) is 0 Å². The van der Waals surface area contributed by atoms with Crippen molar-refractivity contribution in [3.8, 4) is 0 Å². The summed E-state index contributed by atoms with van der Waals surface area (Å²) < 4.78 is 5.69. The van der Waals surface area contributed by atoms with E-state index >= 15 is 0 Å². The molecule has 0 aromatic carbocycles. The Morgan fingerprint density at radius 2 is 2.00 bits per heavy atom. The number of nitrogens with zero attached hydrogens (tertiary/aromatic N) is 1. The normalized spacial score (nSPS) is 35.9. The molecule has 3 heteroatoms. The lowest BCUT2D eigenvalue weighted by Gasteiger charge is -2.44. The van der Waals surface area contributed by atoms with Gasteiger partial charge in [0.15, 0.2) is 0 Å². The van der Waals surface area contributed by atoms with Crippen LogP contribution in [0.5, 0.6) is 0 Å². The Kier molecular flexibility index (Phi) is 6.10. The van der Waals surface area contributed by atoms with Gasteiger partial charge in [-0.15, -0.1) is 0 Å². The van der Waals surface area contributed by atoms with Gasteiger partial charge in [-0.25, -0.2) is 0 Å². The molecule has 2 aliphatic rings. The van der Waals surface area contributed by atoms with Crippen LogP contribution >= 0.6 is 0 Å². The smallest absolute Gasteiger partial charge is 0.0674 e. The molecule has 1 saturated carbocycles. The van der Waals surface area contributed by atoms with E-state index in [-0.39, 0.29) is 0 Å². The molecule has 3 nitrogen and oxygen atoms in total. The van der Waals surface area contributed by atoms with Crippen molar-refractivity contribution < 1.29 is 4.74 Å². The summed E-state index contributed by atoms with van der Waals surface area (Å²) in [7, 11) is 0. The molecular weight excluding hydrogens is 260 g/mol. The van der Waals surface area contributed by atoms with E-state index in [1.54, 1.807) is 0 Å². The molecule has 0 aromatic rings. The lowest BCUT2D eigenvalue weighted by Crippen LogP contribution is -2.50. The van der Waals surface area contributed by atoms with E-state index in [0.29, 0.717) is 17.6 Å². The number of ether oxygens (including phenoxy) is 1. The number of hydrogen-bond donors (Lipinski definition) is 1. The van der Waals surface area contributed by atoms with Crippen molar-refractivity contribution in [1.82, 2.24) is 10.2 Å². The fourth-order valence-electron chi connectivity index (χ4n) is 4.17. The molecule has 1 N–H and O–H groups in total. The molecular formula is C18H36N2O. The van der Waals surface area contributed by atoms with Crippen LogP contribution in [0.15, 0.2) is 0 Å². The minimum atomic E-state index is 0.401. The maximum atomic E-state index is 5.69. The van der Waals surface area contributed by atoms with Crippen LogP contribution in [-0.4, -0.2) is 49.8 Å². The Balaban J connectivity index is 1.96. The number of nitrogens with one attached hydrogen (secondary N) is 1. The number of rotatable bonds is 4. The maximum absolute atomic E-state index is 5.69. The van der Waals surface area contributed by atoms with Gasteiger partial charge >= 0.3 is 0 Å². The van der Waals surface area contributed by atoms with E-state index in [0.717, 1.165) is 38.1 Å². The van der Waals surface area contributed by atoms with Crippen molar-refractivity contribution in [2.75, 3.05) is 32.8 Å². The van der Waals surface area contributed by atoms with Gasteiger partial charge < -0.3 is 10.1 Å². The van der Waals surface area contributed by atoms with E-state index in [2.05, 4.69) is 44.8 Å². The average molecular weight is 296 g/mol. The molecule has 124 valence electrons. The Bertz CT molecular complexity index is 313. The Labute approximate surface area is 131 Å². The van der Waals surface area contributed by atoms with Crippen LogP contribution in [0.25, 0.3) is 0 Å². The molecule has 0 radical (unpaired) electrons. The van der Waals surface area contributed by atoms with Gasteiger partial charge in [-0.1, -0.05) is 27.7 Å². The average Bonchev–Trinajstić information content (AvgIpc) is 2.40. The largest absolute Gasteiger partial charge is 0.376 e. The third-order valence-electron chi connectivity index (χ3n) is 5.49. The van der Waals surface area contributed by atoms with Crippen molar-refractivity contribution in [1.29, 1.82) is 0 Å². The van der Waals surface area contributed by atoms with Crippen LogP contribution in [0.4, 0.5) is 0 Å². The van der Waals surface area contributed by atoms with Crippen molar-refractivity contribution in [2.24, 2.45) is 17.3 Å². The van der Waals surface area contributed by atoms with Crippen LogP contribution in [-0.2, 0) is 4.74 Å². The molecule has 1 aliphatic carbocycles. The topological polar surface area (TPSA) is 24.5 Å². The third kappa shape index (κ3) is 4.94. The van der Waals surface area contributed by atoms with Gasteiger partial charge in [0.05, 0.1) is 12.7 Å². The first kappa shape index (κ1) is 17.2. The van der Waals surface area contributed by atoms with Crippen LogP contribution in [0.2, 0.25) is 0 Å². The third-order valence-corrected chi connectivity index (χ3v) is 5.49. The first-order valence-electron chi connectivity index (χ1n) is 8.97. The molecule has 0 spiro atoms. The maximum Gasteiger partial charge on any atom is 0.0674 e. The van der Waals surface area contributed by atoms with Crippen LogP contribution in [0, 0.1) is 17.3 Å². The first-order valence-corrected chi connectivity index (χ1v) is 8.97. The van der Waals surface area contributed by atoms with Crippen molar-refractivity contribution in [2.45, 2.75) is 66.0 Å². The summed E-state index contributed by atoms with van der Waals surface area (Å²) in [4.78, 5) is 2.63. The Hall–Kier alpha value is -0.120. The van der Waals surface area contributed by atoms with E-state index in [9.17, 15) is 0 Å². The highest BCUT2D eigenvalue weighted by atomic mass is 16.5. The van der Waals surface area contributed by atoms with Gasteiger partial charge in [0.25, 0.3) is 0 Å². The summed E-state index contributed by atoms with van der Waals surface area (Å²) in [5.41, 5.74) is 0.452. The number of morpholine rings is 1. The molecule has 2 fully saturated rings. The molecule has 0 amide bonds. The summed E-state index contributed by atoms with van der Waals surface area (Å²) in [5.74, 6) is 1.67. The van der Waals surface area contributed by atoms with Crippen molar-refractivity contribution in [3.63, 3.8) is 0 Å².